The van der Waals surface area contributed by atoms with E-state index >= 15 is 0 Å². The highest BCUT2D eigenvalue weighted by molar-refractivity contribution is 7.47. The second-order valence-corrected chi connectivity index (χ2v) is 5.24. The van der Waals surface area contributed by atoms with Gasteiger partial charge in [-0.3, -0.25) is 9.05 Å². The third kappa shape index (κ3) is 3.24. The van der Waals surface area contributed by atoms with Crippen LogP contribution in [0.1, 0.15) is 13.8 Å². The fraction of sp³-hybridized carbons (Fsp3) is 1.00. The van der Waals surface area contributed by atoms with Crippen LogP contribution in [-0.2, 0) is 18.3 Å². The van der Waals surface area contributed by atoms with Gasteiger partial charge in [-0.2, -0.15) is 0 Å². The van der Waals surface area contributed by atoms with Gasteiger partial charge in [-0.05, 0) is 6.92 Å². The van der Waals surface area contributed by atoms with Gasteiger partial charge in [0.1, 0.15) is 0 Å². The van der Waals surface area contributed by atoms with E-state index in [1.807, 2.05) is 0 Å². The van der Waals surface area contributed by atoms with Crippen molar-refractivity contribution in [2.75, 3.05) is 13.7 Å². The molecule has 1 aliphatic rings. The van der Waals surface area contributed by atoms with Crippen LogP contribution < -0.4 is 0 Å². The van der Waals surface area contributed by atoms with Crippen LogP contribution in [0.2, 0.25) is 0 Å². The molecule has 2 unspecified atom stereocenters. The first-order valence-electron chi connectivity index (χ1n) is 4.74. The Morgan fingerprint density at radius 2 is 2.07 bits per heavy atom. The molecule has 0 aromatic heterocycles. The van der Waals surface area contributed by atoms with Gasteiger partial charge in [0, 0.05) is 13.0 Å². The lowest BCUT2D eigenvalue weighted by Crippen LogP contribution is -2.25. The lowest BCUT2D eigenvalue weighted by Gasteiger charge is -2.16. The summed E-state index contributed by atoms with van der Waals surface area (Å²) in [5.74, 6) is -0.128. The molecule has 7 heteroatoms. The largest absolute Gasteiger partial charge is 0.472 e. The molecule has 0 aromatic carbocycles. The fourth-order valence-electron chi connectivity index (χ4n) is 1.54. The van der Waals surface area contributed by atoms with Crippen LogP contribution in [0.5, 0.6) is 0 Å². The number of hydrogen-bond acceptors (Lipinski definition) is 5. The molecule has 0 amide bonds. The molecule has 1 saturated heterocycles. The van der Waals surface area contributed by atoms with E-state index in [1.165, 1.54) is 0 Å². The Kier molecular flexibility index (Phi) is 4.29. The Morgan fingerprint density at radius 3 is 2.47 bits per heavy atom. The molecule has 0 radical (unpaired) electrons. The highest BCUT2D eigenvalue weighted by atomic mass is 31.2. The molecule has 1 heterocycles. The van der Waals surface area contributed by atoms with Crippen molar-refractivity contribution in [2.24, 2.45) is 5.92 Å². The van der Waals surface area contributed by atoms with Gasteiger partial charge < -0.3 is 14.7 Å². The summed E-state index contributed by atoms with van der Waals surface area (Å²) in [6.45, 7) is 3.48. The average molecular weight is 240 g/mol. The standard InChI is InChI=1S/C8H17O6P/c1-5-7(14-6(2)8(5)9)4-13-15(10,11)12-3/h5-9H,4H2,1-3H3,(H,10,11)/t5-,6-,7+,8?/m0/s1. The summed E-state index contributed by atoms with van der Waals surface area (Å²) in [6, 6.07) is 0. The number of aliphatic hydroxyl groups is 1. The van der Waals surface area contributed by atoms with Gasteiger partial charge in [0.2, 0.25) is 0 Å². The predicted molar refractivity (Wildman–Crippen MR) is 52.3 cm³/mol. The first-order chi connectivity index (χ1) is 6.87. The minimum Gasteiger partial charge on any atom is -0.390 e. The lowest BCUT2D eigenvalue weighted by atomic mass is 10.00. The molecule has 1 aliphatic heterocycles. The SMILES string of the molecule is COP(=O)(O)OC[C@H]1O[C@@H](C)C(O)[C@H]1C. The number of ether oxygens (including phenoxy) is 1. The summed E-state index contributed by atoms with van der Waals surface area (Å²) in [5, 5.41) is 9.58. The molecule has 2 N–H and O–H groups in total. The van der Waals surface area contributed by atoms with Gasteiger partial charge in [0.05, 0.1) is 24.9 Å². The summed E-state index contributed by atoms with van der Waals surface area (Å²) >= 11 is 0. The van der Waals surface area contributed by atoms with E-state index < -0.39 is 13.9 Å². The monoisotopic (exact) mass is 240 g/mol. The van der Waals surface area contributed by atoms with E-state index in [-0.39, 0.29) is 24.7 Å². The van der Waals surface area contributed by atoms with Crippen molar-refractivity contribution in [1.82, 2.24) is 0 Å². The molecule has 0 spiro atoms. The van der Waals surface area contributed by atoms with Crippen LogP contribution in [0.25, 0.3) is 0 Å². The Hall–Kier alpha value is 0.0300. The summed E-state index contributed by atoms with van der Waals surface area (Å²) in [5.41, 5.74) is 0. The van der Waals surface area contributed by atoms with Gasteiger partial charge >= 0.3 is 7.82 Å². The third-order valence-electron chi connectivity index (χ3n) is 2.63. The van der Waals surface area contributed by atoms with Gasteiger partial charge in [0.15, 0.2) is 0 Å². The molecular formula is C8H17O6P. The lowest BCUT2D eigenvalue weighted by molar-refractivity contribution is -0.00303. The van der Waals surface area contributed by atoms with Gasteiger partial charge in [-0.15, -0.1) is 0 Å². The summed E-state index contributed by atoms with van der Waals surface area (Å²) < 4.78 is 25.3. The molecule has 5 atom stereocenters. The molecule has 0 aliphatic carbocycles. The Balaban J connectivity index is 2.44. The molecule has 1 fully saturated rings. The minimum atomic E-state index is -3.95. The maximum atomic E-state index is 11.0. The van der Waals surface area contributed by atoms with Crippen LogP contribution in [0.4, 0.5) is 0 Å². The topological polar surface area (TPSA) is 85.2 Å². The molecule has 15 heavy (non-hydrogen) atoms. The Morgan fingerprint density at radius 1 is 1.47 bits per heavy atom. The van der Waals surface area contributed by atoms with E-state index in [2.05, 4.69) is 9.05 Å². The Bertz CT molecular complexity index is 258. The number of aliphatic hydroxyl groups excluding tert-OH is 1. The normalized spacial score (nSPS) is 40.3. The second kappa shape index (κ2) is 4.91. The average Bonchev–Trinajstić information content (AvgIpc) is 2.43. The van der Waals surface area contributed by atoms with Crippen LogP contribution in [0, 0.1) is 5.92 Å². The second-order valence-electron chi connectivity index (χ2n) is 3.68. The summed E-state index contributed by atoms with van der Waals surface area (Å²) in [4.78, 5) is 8.99. The predicted octanol–water partition coefficient (Wildman–Crippen LogP) is 0.534. The molecular weight excluding hydrogens is 223 g/mol. The van der Waals surface area contributed by atoms with Crippen molar-refractivity contribution in [1.29, 1.82) is 0 Å². The molecule has 0 saturated carbocycles. The fourth-order valence-corrected chi connectivity index (χ4v) is 1.98. The molecule has 90 valence electrons. The van der Waals surface area contributed by atoms with Gasteiger partial charge in [0.25, 0.3) is 0 Å². The number of rotatable bonds is 4. The third-order valence-corrected chi connectivity index (χ3v) is 3.56. The first-order valence-corrected chi connectivity index (χ1v) is 6.23. The zero-order valence-corrected chi connectivity index (χ0v) is 9.89. The van der Waals surface area contributed by atoms with E-state index in [4.69, 9.17) is 9.63 Å². The van der Waals surface area contributed by atoms with E-state index in [0.717, 1.165) is 7.11 Å². The first kappa shape index (κ1) is 13.1. The van der Waals surface area contributed by atoms with Crippen molar-refractivity contribution in [3.8, 4) is 0 Å². The highest BCUT2D eigenvalue weighted by Gasteiger charge is 2.39. The van der Waals surface area contributed by atoms with Gasteiger partial charge in [-0.25, -0.2) is 4.57 Å². The number of hydrogen-bond donors (Lipinski definition) is 2. The maximum Gasteiger partial charge on any atom is 0.472 e. The van der Waals surface area contributed by atoms with Crippen molar-refractivity contribution >= 4 is 7.82 Å². The maximum absolute atomic E-state index is 11.0. The van der Waals surface area contributed by atoms with Crippen LogP contribution in [0.15, 0.2) is 0 Å². The van der Waals surface area contributed by atoms with Gasteiger partial charge in [-0.1, -0.05) is 6.92 Å². The summed E-state index contributed by atoms with van der Waals surface area (Å²) in [7, 11) is -2.86. The quantitative estimate of drug-likeness (QED) is 0.697. The minimum absolute atomic E-state index is 0.0653. The molecule has 0 aromatic rings. The zero-order valence-electron chi connectivity index (χ0n) is 8.99. The van der Waals surface area contributed by atoms with Crippen molar-refractivity contribution in [3.05, 3.63) is 0 Å². The molecule has 0 bridgehead atoms. The van der Waals surface area contributed by atoms with Crippen molar-refractivity contribution in [2.45, 2.75) is 32.2 Å². The van der Waals surface area contributed by atoms with Crippen molar-refractivity contribution in [3.63, 3.8) is 0 Å². The van der Waals surface area contributed by atoms with E-state index in [9.17, 15) is 9.67 Å². The van der Waals surface area contributed by atoms with Crippen LogP contribution >= 0.6 is 7.82 Å². The van der Waals surface area contributed by atoms with E-state index in [1.54, 1.807) is 13.8 Å². The Labute approximate surface area is 88.8 Å². The highest BCUT2D eigenvalue weighted by Crippen LogP contribution is 2.43. The van der Waals surface area contributed by atoms with Crippen molar-refractivity contribution < 1.29 is 28.3 Å². The molecule has 1 rings (SSSR count). The molecule has 6 nitrogen and oxygen atoms in total. The number of phosphoric acid groups is 1. The van der Waals surface area contributed by atoms with E-state index in [0.29, 0.717) is 0 Å². The zero-order chi connectivity index (χ0) is 11.6. The smallest absolute Gasteiger partial charge is 0.390 e. The summed E-state index contributed by atoms with van der Waals surface area (Å²) in [6.07, 6.45) is -1.24. The number of phosphoric ester groups is 1. The van der Waals surface area contributed by atoms with Crippen LogP contribution in [-0.4, -0.2) is 42.0 Å². The van der Waals surface area contributed by atoms with Crippen LogP contribution in [0.3, 0.4) is 0 Å².